The van der Waals surface area contributed by atoms with E-state index in [9.17, 15) is 4.79 Å². The van der Waals surface area contributed by atoms with Gasteiger partial charge in [0.25, 0.3) is 0 Å². The molecule has 1 aromatic carbocycles. The van der Waals surface area contributed by atoms with Crippen LogP contribution in [0.15, 0.2) is 30.3 Å². The Morgan fingerprint density at radius 1 is 1.24 bits per heavy atom. The van der Waals surface area contributed by atoms with Gasteiger partial charge in [-0.2, -0.15) is 0 Å². The number of halogens is 1. The van der Waals surface area contributed by atoms with Gasteiger partial charge in [-0.25, -0.2) is 0 Å². The zero-order valence-electron chi connectivity index (χ0n) is 12.9. The van der Waals surface area contributed by atoms with Gasteiger partial charge in [0.2, 0.25) is 5.91 Å². The molecule has 0 atom stereocenters. The van der Waals surface area contributed by atoms with Crippen molar-refractivity contribution in [2.45, 2.75) is 38.5 Å². The Bertz CT molecular complexity index is 418. The van der Waals surface area contributed by atoms with Gasteiger partial charge in [-0.3, -0.25) is 4.79 Å². The molecule has 1 amide bonds. The van der Waals surface area contributed by atoms with Gasteiger partial charge in [-0.15, -0.1) is 12.4 Å². The Balaban J connectivity index is 0.00000220. The maximum absolute atomic E-state index is 11.8. The van der Waals surface area contributed by atoms with Crippen LogP contribution in [0.5, 0.6) is 0 Å². The number of amides is 1. The summed E-state index contributed by atoms with van der Waals surface area (Å²) in [5.41, 5.74) is 1.69. The molecule has 0 aromatic heterocycles. The van der Waals surface area contributed by atoms with Crippen LogP contribution in [0.3, 0.4) is 0 Å². The topological polar surface area (TPSA) is 41.1 Å². The summed E-state index contributed by atoms with van der Waals surface area (Å²) in [5, 5.41) is 6.21. The van der Waals surface area contributed by atoms with Crippen molar-refractivity contribution in [3.8, 4) is 0 Å². The lowest BCUT2D eigenvalue weighted by Gasteiger charge is -2.42. The van der Waals surface area contributed by atoms with E-state index < -0.39 is 0 Å². The van der Waals surface area contributed by atoms with Gasteiger partial charge in [0.05, 0.1) is 0 Å². The smallest absolute Gasteiger partial charge is 0.220 e. The molecule has 0 aliphatic heterocycles. The molecular weight excluding hydrogens is 284 g/mol. The van der Waals surface area contributed by atoms with Crippen molar-refractivity contribution < 1.29 is 4.79 Å². The number of carbonyl (C=O) groups is 1. The number of hydrogen-bond acceptors (Lipinski definition) is 2. The average Bonchev–Trinajstić information content (AvgIpc) is 2.43. The van der Waals surface area contributed by atoms with Crippen LogP contribution in [0.25, 0.3) is 0 Å². The molecule has 3 nitrogen and oxygen atoms in total. The Hall–Kier alpha value is -1.06. The first-order valence-electron chi connectivity index (χ1n) is 7.69. The molecular formula is C17H27ClN2O. The van der Waals surface area contributed by atoms with Crippen LogP contribution in [-0.4, -0.2) is 26.0 Å². The quantitative estimate of drug-likeness (QED) is 0.725. The van der Waals surface area contributed by atoms with Gasteiger partial charge in [-0.05, 0) is 50.3 Å². The third-order valence-corrected chi connectivity index (χ3v) is 4.33. The van der Waals surface area contributed by atoms with Crippen LogP contribution >= 0.6 is 12.4 Å². The predicted octanol–water partition coefficient (Wildman–Crippen LogP) is 2.94. The maximum Gasteiger partial charge on any atom is 0.220 e. The van der Waals surface area contributed by atoms with E-state index in [4.69, 9.17) is 0 Å². The molecule has 0 radical (unpaired) electrons. The van der Waals surface area contributed by atoms with Crippen molar-refractivity contribution in [2.75, 3.05) is 20.1 Å². The number of rotatable bonds is 8. The van der Waals surface area contributed by atoms with E-state index >= 15 is 0 Å². The summed E-state index contributed by atoms with van der Waals surface area (Å²) < 4.78 is 0. The van der Waals surface area contributed by atoms with Gasteiger partial charge < -0.3 is 10.6 Å². The third kappa shape index (κ3) is 5.68. The zero-order valence-corrected chi connectivity index (χ0v) is 13.7. The maximum atomic E-state index is 11.8. The molecule has 4 heteroatoms. The highest BCUT2D eigenvalue weighted by atomic mass is 35.5. The van der Waals surface area contributed by atoms with Gasteiger partial charge >= 0.3 is 0 Å². The fourth-order valence-corrected chi connectivity index (χ4v) is 2.92. The Morgan fingerprint density at radius 3 is 2.52 bits per heavy atom. The molecule has 0 bridgehead atoms. The van der Waals surface area contributed by atoms with Crippen LogP contribution < -0.4 is 10.6 Å². The lowest BCUT2D eigenvalue weighted by molar-refractivity contribution is -0.122. The number of benzene rings is 1. The fraction of sp³-hybridized carbons (Fsp3) is 0.588. The first-order chi connectivity index (χ1) is 9.74. The normalized spacial score (nSPS) is 15.7. The lowest BCUT2D eigenvalue weighted by Crippen LogP contribution is -2.43. The summed E-state index contributed by atoms with van der Waals surface area (Å²) in [5.74, 6) is 0.194. The van der Waals surface area contributed by atoms with E-state index in [1.54, 1.807) is 0 Å². The molecule has 21 heavy (non-hydrogen) atoms. The molecule has 1 aliphatic rings. The second-order valence-electron chi connectivity index (χ2n) is 6.00. The highest BCUT2D eigenvalue weighted by Crippen LogP contribution is 2.43. The summed E-state index contributed by atoms with van der Waals surface area (Å²) in [6.45, 7) is 1.74. The van der Waals surface area contributed by atoms with Crippen molar-refractivity contribution in [1.29, 1.82) is 0 Å². The Kier molecular flexibility index (Phi) is 7.76. The van der Waals surface area contributed by atoms with Crippen molar-refractivity contribution in [3.05, 3.63) is 35.9 Å². The molecule has 118 valence electrons. The largest absolute Gasteiger partial charge is 0.356 e. The molecule has 2 N–H and O–H groups in total. The minimum atomic E-state index is 0. The molecule has 2 rings (SSSR count). The van der Waals surface area contributed by atoms with Crippen molar-refractivity contribution in [2.24, 2.45) is 5.41 Å². The highest BCUT2D eigenvalue weighted by molar-refractivity contribution is 5.85. The molecule has 1 fully saturated rings. The molecule has 1 aromatic rings. The number of carbonyl (C=O) groups excluding carboxylic acids is 1. The van der Waals surface area contributed by atoms with Crippen LogP contribution in [0.4, 0.5) is 0 Å². The van der Waals surface area contributed by atoms with Gasteiger partial charge in [0, 0.05) is 13.0 Å². The van der Waals surface area contributed by atoms with Crippen LogP contribution in [-0.2, 0) is 11.2 Å². The monoisotopic (exact) mass is 310 g/mol. The first-order valence-corrected chi connectivity index (χ1v) is 7.69. The van der Waals surface area contributed by atoms with Crippen molar-refractivity contribution >= 4 is 18.3 Å². The predicted molar refractivity (Wildman–Crippen MR) is 89.8 cm³/mol. The van der Waals surface area contributed by atoms with Crippen molar-refractivity contribution in [1.82, 2.24) is 10.6 Å². The van der Waals surface area contributed by atoms with Crippen LogP contribution in [0.1, 0.15) is 37.7 Å². The van der Waals surface area contributed by atoms with Gasteiger partial charge in [-0.1, -0.05) is 36.8 Å². The van der Waals surface area contributed by atoms with E-state index in [-0.39, 0.29) is 18.3 Å². The second-order valence-corrected chi connectivity index (χ2v) is 6.00. The van der Waals surface area contributed by atoms with Crippen molar-refractivity contribution in [3.63, 3.8) is 0 Å². The minimum Gasteiger partial charge on any atom is -0.356 e. The molecule has 0 saturated heterocycles. The van der Waals surface area contributed by atoms with E-state index in [0.717, 1.165) is 25.9 Å². The summed E-state index contributed by atoms with van der Waals surface area (Å²) in [6, 6.07) is 10.6. The van der Waals surface area contributed by atoms with E-state index in [1.165, 1.54) is 24.8 Å². The van der Waals surface area contributed by atoms with E-state index in [2.05, 4.69) is 41.0 Å². The minimum absolute atomic E-state index is 0. The van der Waals surface area contributed by atoms with E-state index in [0.29, 0.717) is 11.8 Å². The zero-order chi connectivity index (χ0) is 14.3. The standard InChI is InChI=1S/C17H26N2O.ClH/c1-18-12-5-9-16(20)19-14-17(10-6-11-17)13-15-7-3-2-4-8-15;/h2-4,7-8,18H,5-6,9-14H2,1H3,(H,19,20);1H. The highest BCUT2D eigenvalue weighted by Gasteiger charge is 2.37. The van der Waals surface area contributed by atoms with Gasteiger partial charge in [0.15, 0.2) is 0 Å². The Morgan fingerprint density at radius 2 is 1.95 bits per heavy atom. The van der Waals surface area contributed by atoms with Crippen LogP contribution in [0.2, 0.25) is 0 Å². The summed E-state index contributed by atoms with van der Waals surface area (Å²) >= 11 is 0. The average molecular weight is 311 g/mol. The fourth-order valence-electron chi connectivity index (χ4n) is 2.92. The molecule has 0 spiro atoms. The molecule has 1 saturated carbocycles. The number of hydrogen-bond donors (Lipinski definition) is 2. The second kappa shape index (κ2) is 9.06. The number of nitrogens with one attached hydrogen (secondary N) is 2. The molecule has 1 aliphatic carbocycles. The first kappa shape index (κ1) is 18.0. The summed E-state index contributed by atoms with van der Waals surface area (Å²) in [4.78, 5) is 11.8. The SMILES string of the molecule is CNCCCC(=O)NCC1(Cc2ccccc2)CCC1.Cl. The van der Waals surface area contributed by atoms with E-state index in [1.807, 2.05) is 7.05 Å². The lowest BCUT2D eigenvalue weighted by atomic mass is 9.65. The Labute approximate surface area is 134 Å². The van der Waals surface area contributed by atoms with Gasteiger partial charge in [0.1, 0.15) is 0 Å². The summed E-state index contributed by atoms with van der Waals surface area (Å²) in [7, 11) is 1.92. The summed E-state index contributed by atoms with van der Waals surface area (Å²) in [6.07, 6.45) is 6.39. The van der Waals surface area contributed by atoms with Crippen LogP contribution in [0, 0.1) is 5.41 Å². The molecule has 0 unspecified atom stereocenters. The third-order valence-electron chi connectivity index (χ3n) is 4.33. The molecule has 0 heterocycles.